The second kappa shape index (κ2) is 9.20. The standard InChI is InChI=1S/C21H22N2O6/c1-14-3-5-19(27-2)15(9-14)7-8-22-20(24)6-4-16-10-18(23(25)26)11-17-12-28-13-29-21(16)17/h3-6,9-11H,7-8,12-13H2,1-2H3,(H,22,24)/b6-4+. The molecular formula is C21H22N2O6. The number of amides is 1. The Balaban J connectivity index is 1.66. The third-order valence-corrected chi connectivity index (χ3v) is 4.48. The molecule has 0 unspecified atom stereocenters. The summed E-state index contributed by atoms with van der Waals surface area (Å²) >= 11 is 0. The van der Waals surface area contributed by atoms with Crippen LogP contribution in [0.25, 0.3) is 6.08 Å². The number of non-ortho nitro benzene ring substituents is 1. The Labute approximate surface area is 168 Å². The van der Waals surface area contributed by atoms with Gasteiger partial charge in [-0.25, -0.2) is 0 Å². The predicted molar refractivity (Wildman–Crippen MR) is 107 cm³/mol. The van der Waals surface area contributed by atoms with Crippen molar-refractivity contribution in [2.75, 3.05) is 20.4 Å². The first-order valence-corrected chi connectivity index (χ1v) is 9.09. The summed E-state index contributed by atoms with van der Waals surface area (Å²) in [6.07, 6.45) is 3.47. The number of fused-ring (bicyclic) bond motifs is 1. The van der Waals surface area contributed by atoms with Crippen LogP contribution in [-0.4, -0.2) is 31.3 Å². The molecule has 0 saturated heterocycles. The van der Waals surface area contributed by atoms with Gasteiger partial charge in [0.2, 0.25) is 5.91 Å². The van der Waals surface area contributed by atoms with Crippen molar-refractivity contribution < 1.29 is 23.9 Å². The molecule has 3 rings (SSSR count). The summed E-state index contributed by atoms with van der Waals surface area (Å²) < 4.78 is 16.0. The average molecular weight is 398 g/mol. The zero-order chi connectivity index (χ0) is 20.8. The van der Waals surface area contributed by atoms with Gasteiger partial charge in [0, 0.05) is 35.9 Å². The highest BCUT2D eigenvalue weighted by Crippen LogP contribution is 2.33. The van der Waals surface area contributed by atoms with Gasteiger partial charge in [0.25, 0.3) is 5.69 Å². The van der Waals surface area contributed by atoms with Crippen LogP contribution in [-0.2, 0) is 22.6 Å². The number of nitro benzene ring substituents is 1. The van der Waals surface area contributed by atoms with E-state index >= 15 is 0 Å². The maximum atomic E-state index is 12.2. The Morgan fingerprint density at radius 1 is 1.34 bits per heavy atom. The lowest BCUT2D eigenvalue weighted by Crippen LogP contribution is -2.23. The molecule has 1 aliphatic rings. The van der Waals surface area contributed by atoms with E-state index in [0.29, 0.717) is 29.8 Å². The monoisotopic (exact) mass is 398 g/mol. The number of rotatable bonds is 7. The SMILES string of the molecule is COc1ccc(C)cc1CCNC(=O)/C=C/c1cc([N+](=O)[O-])cc2c1OCOC2. The number of carbonyl (C=O) groups is 1. The Bertz CT molecular complexity index is 954. The molecule has 0 bridgehead atoms. The fraction of sp³-hybridized carbons (Fsp3) is 0.286. The van der Waals surface area contributed by atoms with E-state index in [4.69, 9.17) is 14.2 Å². The summed E-state index contributed by atoms with van der Waals surface area (Å²) in [5, 5.41) is 13.9. The Kier molecular flexibility index (Phi) is 6.46. The summed E-state index contributed by atoms with van der Waals surface area (Å²) in [4.78, 5) is 22.8. The highest BCUT2D eigenvalue weighted by atomic mass is 16.7. The molecule has 0 atom stereocenters. The van der Waals surface area contributed by atoms with E-state index in [1.807, 2.05) is 25.1 Å². The molecule has 0 aliphatic carbocycles. The number of hydrogen-bond donors (Lipinski definition) is 1. The number of hydrogen-bond acceptors (Lipinski definition) is 6. The van der Waals surface area contributed by atoms with Gasteiger partial charge in [-0.3, -0.25) is 14.9 Å². The minimum Gasteiger partial charge on any atom is -0.496 e. The molecule has 0 saturated carbocycles. The third kappa shape index (κ3) is 5.11. The smallest absolute Gasteiger partial charge is 0.270 e. The van der Waals surface area contributed by atoms with Crippen LogP contribution in [0.4, 0.5) is 5.69 Å². The molecule has 29 heavy (non-hydrogen) atoms. The van der Waals surface area contributed by atoms with E-state index in [-0.39, 0.29) is 25.0 Å². The molecule has 8 heteroatoms. The lowest BCUT2D eigenvalue weighted by atomic mass is 10.1. The van der Waals surface area contributed by atoms with Crippen LogP contribution in [0, 0.1) is 17.0 Å². The summed E-state index contributed by atoms with van der Waals surface area (Å²) in [6.45, 7) is 2.72. The van der Waals surface area contributed by atoms with Gasteiger partial charge in [0.15, 0.2) is 6.79 Å². The van der Waals surface area contributed by atoms with Crippen LogP contribution in [0.1, 0.15) is 22.3 Å². The van der Waals surface area contributed by atoms with Crippen molar-refractivity contribution in [1.29, 1.82) is 0 Å². The van der Waals surface area contributed by atoms with Crippen LogP contribution in [0.3, 0.4) is 0 Å². The Hall–Kier alpha value is -3.39. The van der Waals surface area contributed by atoms with Crippen molar-refractivity contribution in [3.8, 4) is 11.5 Å². The normalized spacial score (nSPS) is 12.9. The third-order valence-electron chi connectivity index (χ3n) is 4.48. The van der Waals surface area contributed by atoms with E-state index in [1.54, 1.807) is 7.11 Å². The molecule has 1 aliphatic heterocycles. The topological polar surface area (TPSA) is 99.9 Å². The van der Waals surface area contributed by atoms with Crippen molar-refractivity contribution in [3.63, 3.8) is 0 Å². The van der Waals surface area contributed by atoms with E-state index in [9.17, 15) is 14.9 Å². The van der Waals surface area contributed by atoms with Crippen molar-refractivity contribution in [2.24, 2.45) is 0 Å². The van der Waals surface area contributed by atoms with Crippen LogP contribution in [0.5, 0.6) is 11.5 Å². The first-order chi connectivity index (χ1) is 14.0. The average Bonchev–Trinajstić information content (AvgIpc) is 2.72. The van der Waals surface area contributed by atoms with Crippen molar-refractivity contribution in [1.82, 2.24) is 5.32 Å². The summed E-state index contributed by atoms with van der Waals surface area (Å²) in [5.74, 6) is 0.974. The minimum atomic E-state index is -0.485. The molecule has 2 aromatic rings. The van der Waals surface area contributed by atoms with Gasteiger partial charge in [-0.15, -0.1) is 0 Å². The number of nitrogens with one attached hydrogen (secondary N) is 1. The molecule has 0 fully saturated rings. The summed E-state index contributed by atoms with van der Waals surface area (Å²) in [7, 11) is 1.61. The van der Waals surface area contributed by atoms with Crippen LogP contribution in [0.2, 0.25) is 0 Å². The first kappa shape index (κ1) is 20.3. The fourth-order valence-corrected chi connectivity index (χ4v) is 3.11. The number of aryl methyl sites for hydroxylation is 1. The van der Waals surface area contributed by atoms with Gasteiger partial charge in [-0.1, -0.05) is 17.7 Å². The van der Waals surface area contributed by atoms with Gasteiger partial charge >= 0.3 is 0 Å². The molecule has 0 radical (unpaired) electrons. The van der Waals surface area contributed by atoms with E-state index in [2.05, 4.69) is 5.32 Å². The lowest BCUT2D eigenvalue weighted by molar-refractivity contribution is -0.385. The highest BCUT2D eigenvalue weighted by Gasteiger charge is 2.19. The number of carbonyl (C=O) groups excluding carboxylic acids is 1. The summed E-state index contributed by atoms with van der Waals surface area (Å²) in [5.41, 5.74) is 3.10. The number of nitro groups is 1. The van der Waals surface area contributed by atoms with Gasteiger partial charge in [0.05, 0.1) is 18.6 Å². The fourth-order valence-electron chi connectivity index (χ4n) is 3.11. The van der Waals surface area contributed by atoms with Crippen molar-refractivity contribution >= 4 is 17.7 Å². The van der Waals surface area contributed by atoms with Gasteiger partial charge < -0.3 is 19.5 Å². The number of nitrogens with zero attached hydrogens (tertiary/aromatic N) is 1. The predicted octanol–water partition coefficient (Wildman–Crippen LogP) is 3.15. The zero-order valence-corrected chi connectivity index (χ0v) is 16.3. The Morgan fingerprint density at radius 3 is 2.93 bits per heavy atom. The van der Waals surface area contributed by atoms with Crippen LogP contribution in [0.15, 0.2) is 36.4 Å². The van der Waals surface area contributed by atoms with Gasteiger partial charge in [0.1, 0.15) is 11.5 Å². The molecule has 8 nitrogen and oxygen atoms in total. The molecule has 0 aromatic heterocycles. The number of methoxy groups -OCH3 is 1. The van der Waals surface area contributed by atoms with E-state index in [1.165, 1.54) is 24.3 Å². The molecular weight excluding hydrogens is 376 g/mol. The van der Waals surface area contributed by atoms with Gasteiger partial charge in [-0.05, 0) is 31.1 Å². The Morgan fingerprint density at radius 2 is 2.17 bits per heavy atom. The van der Waals surface area contributed by atoms with Gasteiger partial charge in [-0.2, -0.15) is 0 Å². The van der Waals surface area contributed by atoms with E-state index in [0.717, 1.165) is 16.9 Å². The molecule has 2 aromatic carbocycles. The zero-order valence-electron chi connectivity index (χ0n) is 16.3. The first-order valence-electron chi connectivity index (χ1n) is 9.09. The van der Waals surface area contributed by atoms with Crippen molar-refractivity contribution in [3.05, 3.63) is 68.8 Å². The second-order valence-electron chi connectivity index (χ2n) is 6.58. The molecule has 1 amide bonds. The number of ether oxygens (including phenoxy) is 3. The molecule has 0 spiro atoms. The molecule has 152 valence electrons. The molecule has 1 heterocycles. The lowest BCUT2D eigenvalue weighted by Gasteiger charge is -2.19. The maximum Gasteiger partial charge on any atom is 0.270 e. The highest BCUT2D eigenvalue weighted by molar-refractivity contribution is 5.92. The number of benzene rings is 2. The second-order valence-corrected chi connectivity index (χ2v) is 6.58. The molecule has 1 N–H and O–H groups in total. The summed E-state index contributed by atoms with van der Waals surface area (Å²) in [6, 6.07) is 8.69. The quantitative estimate of drug-likeness (QED) is 0.437. The van der Waals surface area contributed by atoms with Crippen LogP contribution < -0.4 is 14.8 Å². The maximum absolute atomic E-state index is 12.2. The van der Waals surface area contributed by atoms with Crippen molar-refractivity contribution in [2.45, 2.75) is 20.0 Å². The minimum absolute atomic E-state index is 0.0656. The largest absolute Gasteiger partial charge is 0.496 e. The van der Waals surface area contributed by atoms with E-state index < -0.39 is 4.92 Å². The van der Waals surface area contributed by atoms with Crippen LogP contribution >= 0.6 is 0 Å².